The van der Waals surface area contributed by atoms with Gasteiger partial charge in [0, 0.05) is 37.8 Å². The number of hydrogen-bond donors (Lipinski definition) is 1. The van der Waals surface area contributed by atoms with Crippen molar-refractivity contribution in [1.82, 2.24) is 10.2 Å². The maximum Gasteiger partial charge on any atom is 0.311 e. The highest BCUT2D eigenvalue weighted by Crippen LogP contribution is 2.33. The van der Waals surface area contributed by atoms with Crippen LogP contribution in [0.25, 0.3) is 0 Å². The van der Waals surface area contributed by atoms with Crippen LogP contribution in [0, 0.1) is 10.1 Å². The highest BCUT2D eigenvalue weighted by molar-refractivity contribution is 5.48. The summed E-state index contributed by atoms with van der Waals surface area (Å²) in [5.74, 6) is 1.13. The summed E-state index contributed by atoms with van der Waals surface area (Å²) in [5, 5.41) is 14.7. The van der Waals surface area contributed by atoms with E-state index < -0.39 is 4.92 Å². The molecule has 0 saturated carbocycles. The molecule has 0 spiro atoms. The zero-order valence-corrected chi connectivity index (χ0v) is 15.0. The van der Waals surface area contributed by atoms with Crippen molar-refractivity contribution in [3.63, 3.8) is 0 Å². The minimum atomic E-state index is -0.405. The smallest absolute Gasteiger partial charge is 0.311 e. The quantitative estimate of drug-likeness (QED) is 0.633. The van der Waals surface area contributed by atoms with Gasteiger partial charge in [0.1, 0.15) is 5.75 Å². The van der Waals surface area contributed by atoms with Crippen LogP contribution >= 0.6 is 0 Å². The van der Waals surface area contributed by atoms with Crippen molar-refractivity contribution < 1.29 is 14.4 Å². The molecule has 1 N–H and O–H groups in total. The van der Waals surface area contributed by atoms with Gasteiger partial charge in [0.05, 0.1) is 25.2 Å². The zero-order chi connectivity index (χ0) is 18.5. The van der Waals surface area contributed by atoms with Crippen molar-refractivity contribution in [3.8, 4) is 11.5 Å². The molecule has 138 valence electrons. The van der Waals surface area contributed by atoms with E-state index in [9.17, 15) is 10.1 Å². The zero-order valence-electron chi connectivity index (χ0n) is 15.0. The molecule has 3 rings (SSSR count). The Balaban J connectivity index is 1.87. The maximum atomic E-state index is 11.3. The Labute approximate surface area is 152 Å². The maximum absolute atomic E-state index is 11.3. The lowest BCUT2D eigenvalue weighted by Crippen LogP contribution is -2.45. The van der Waals surface area contributed by atoms with E-state index in [-0.39, 0.29) is 17.5 Å². The monoisotopic (exact) mass is 357 g/mol. The van der Waals surface area contributed by atoms with Crippen LogP contribution in [0.1, 0.15) is 17.2 Å². The summed E-state index contributed by atoms with van der Waals surface area (Å²) in [5.41, 5.74) is 2.00. The standard InChI is InChI=1S/C19H23N3O4/c1-25-18-6-4-3-5-15(18)17-12-20-9-10-21(17)13-14-7-8-19(26-2)16(11-14)22(23)24/h3-8,11,17,20H,9-10,12-13H2,1-2H3. The molecule has 26 heavy (non-hydrogen) atoms. The first-order valence-corrected chi connectivity index (χ1v) is 8.53. The fourth-order valence-electron chi connectivity index (χ4n) is 3.40. The van der Waals surface area contributed by atoms with Crippen molar-refractivity contribution in [2.75, 3.05) is 33.9 Å². The van der Waals surface area contributed by atoms with Crippen LogP contribution in [0.5, 0.6) is 11.5 Å². The van der Waals surface area contributed by atoms with Crippen molar-refractivity contribution in [2.45, 2.75) is 12.6 Å². The molecule has 1 unspecified atom stereocenters. The number of rotatable bonds is 6. The molecule has 1 fully saturated rings. The second-order valence-corrected chi connectivity index (χ2v) is 6.20. The summed E-state index contributed by atoms with van der Waals surface area (Å²) >= 11 is 0. The minimum absolute atomic E-state index is 0.00558. The van der Waals surface area contributed by atoms with Gasteiger partial charge in [-0.05, 0) is 17.7 Å². The Morgan fingerprint density at radius 3 is 2.69 bits per heavy atom. The van der Waals surface area contributed by atoms with Gasteiger partial charge in [-0.2, -0.15) is 0 Å². The lowest BCUT2D eigenvalue weighted by atomic mass is 10.0. The van der Waals surface area contributed by atoms with E-state index in [0.29, 0.717) is 6.54 Å². The molecule has 1 aliphatic heterocycles. The number of benzene rings is 2. The van der Waals surface area contributed by atoms with E-state index in [1.165, 1.54) is 7.11 Å². The number of nitro benzene ring substituents is 1. The predicted octanol–water partition coefficient (Wildman–Crippen LogP) is 2.76. The lowest BCUT2D eigenvalue weighted by Gasteiger charge is -2.37. The second kappa shape index (κ2) is 8.16. The highest BCUT2D eigenvalue weighted by atomic mass is 16.6. The minimum Gasteiger partial charge on any atom is -0.496 e. The molecule has 0 amide bonds. The van der Waals surface area contributed by atoms with E-state index in [1.807, 2.05) is 24.3 Å². The number of methoxy groups -OCH3 is 2. The topological polar surface area (TPSA) is 76.9 Å². The van der Waals surface area contributed by atoms with Gasteiger partial charge in [-0.3, -0.25) is 15.0 Å². The third-order valence-electron chi connectivity index (χ3n) is 4.68. The highest BCUT2D eigenvalue weighted by Gasteiger charge is 2.27. The summed E-state index contributed by atoms with van der Waals surface area (Å²) in [6, 6.07) is 13.3. The fraction of sp³-hybridized carbons (Fsp3) is 0.368. The third-order valence-corrected chi connectivity index (χ3v) is 4.68. The molecule has 1 atom stereocenters. The molecular weight excluding hydrogens is 334 g/mol. The van der Waals surface area contributed by atoms with Gasteiger partial charge in [-0.25, -0.2) is 0 Å². The van der Waals surface area contributed by atoms with Gasteiger partial charge in [0.15, 0.2) is 5.75 Å². The Kier molecular flexibility index (Phi) is 5.70. The number of nitrogens with zero attached hydrogens (tertiary/aromatic N) is 2. The number of nitrogens with one attached hydrogen (secondary N) is 1. The van der Waals surface area contributed by atoms with E-state index in [1.54, 1.807) is 19.2 Å². The van der Waals surface area contributed by atoms with Crippen LogP contribution in [0.2, 0.25) is 0 Å². The van der Waals surface area contributed by atoms with Crippen LogP contribution in [0.15, 0.2) is 42.5 Å². The largest absolute Gasteiger partial charge is 0.496 e. The summed E-state index contributed by atoms with van der Waals surface area (Å²) < 4.78 is 10.6. The molecular formula is C19H23N3O4. The Morgan fingerprint density at radius 1 is 1.19 bits per heavy atom. The van der Waals surface area contributed by atoms with E-state index >= 15 is 0 Å². The number of hydrogen-bond acceptors (Lipinski definition) is 6. The first kappa shape index (κ1) is 18.2. The Bertz CT molecular complexity index is 781. The summed E-state index contributed by atoms with van der Waals surface area (Å²) in [6.07, 6.45) is 0. The van der Waals surface area contributed by atoms with E-state index in [4.69, 9.17) is 9.47 Å². The second-order valence-electron chi connectivity index (χ2n) is 6.20. The molecule has 7 nitrogen and oxygen atoms in total. The molecule has 1 aliphatic rings. The van der Waals surface area contributed by atoms with E-state index in [0.717, 1.165) is 36.5 Å². The summed E-state index contributed by atoms with van der Waals surface area (Å²) in [4.78, 5) is 13.2. The van der Waals surface area contributed by atoms with Crippen LogP contribution < -0.4 is 14.8 Å². The van der Waals surface area contributed by atoms with Gasteiger partial charge in [0.2, 0.25) is 0 Å². The van der Waals surface area contributed by atoms with Crippen LogP contribution in [-0.4, -0.2) is 43.7 Å². The summed E-state index contributed by atoms with van der Waals surface area (Å²) in [7, 11) is 3.11. The van der Waals surface area contributed by atoms with Gasteiger partial charge in [-0.1, -0.05) is 24.3 Å². The van der Waals surface area contributed by atoms with Crippen LogP contribution in [0.4, 0.5) is 5.69 Å². The molecule has 1 saturated heterocycles. The van der Waals surface area contributed by atoms with Gasteiger partial charge < -0.3 is 14.8 Å². The average molecular weight is 357 g/mol. The fourth-order valence-corrected chi connectivity index (χ4v) is 3.40. The molecule has 1 heterocycles. The van der Waals surface area contributed by atoms with Gasteiger partial charge >= 0.3 is 5.69 Å². The molecule has 2 aromatic carbocycles. The first-order valence-electron chi connectivity index (χ1n) is 8.53. The predicted molar refractivity (Wildman–Crippen MR) is 98.7 cm³/mol. The number of nitro groups is 1. The Morgan fingerprint density at radius 2 is 1.96 bits per heavy atom. The molecule has 7 heteroatoms. The summed E-state index contributed by atoms with van der Waals surface area (Å²) in [6.45, 7) is 3.15. The van der Waals surface area contributed by atoms with E-state index in [2.05, 4.69) is 16.3 Å². The normalized spacial score (nSPS) is 17.7. The SMILES string of the molecule is COc1ccccc1C1CNCCN1Cc1ccc(OC)c([N+](=O)[O-])c1. The average Bonchev–Trinajstić information content (AvgIpc) is 2.68. The van der Waals surface area contributed by atoms with Gasteiger partial charge in [0.25, 0.3) is 0 Å². The number of para-hydroxylation sites is 1. The molecule has 2 aromatic rings. The van der Waals surface area contributed by atoms with Crippen LogP contribution in [0.3, 0.4) is 0 Å². The number of ether oxygens (including phenoxy) is 2. The third kappa shape index (κ3) is 3.79. The van der Waals surface area contributed by atoms with Crippen molar-refractivity contribution in [3.05, 3.63) is 63.7 Å². The molecule has 0 radical (unpaired) electrons. The van der Waals surface area contributed by atoms with Gasteiger partial charge in [-0.15, -0.1) is 0 Å². The lowest BCUT2D eigenvalue weighted by molar-refractivity contribution is -0.385. The first-order chi connectivity index (χ1) is 12.6. The van der Waals surface area contributed by atoms with Crippen molar-refractivity contribution in [2.24, 2.45) is 0 Å². The van der Waals surface area contributed by atoms with Crippen LogP contribution in [-0.2, 0) is 6.54 Å². The molecule has 0 aliphatic carbocycles. The number of piperazine rings is 1. The van der Waals surface area contributed by atoms with Crippen molar-refractivity contribution in [1.29, 1.82) is 0 Å². The molecule has 0 bridgehead atoms. The Hall–Kier alpha value is -2.64. The van der Waals surface area contributed by atoms with Crippen molar-refractivity contribution >= 4 is 5.69 Å². The molecule has 0 aromatic heterocycles.